The number of aryl methyl sites for hydroxylation is 1. The minimum Gasteiger partial charge on any atom is -0.349 e. The summed E-state index contributed by atoms with van der Waals surface area (Å²) in [4.78, 5) is 25.3. The average Bonchev–Trinajstić information content (AvgIpc) is 2.82. The van der Waals surface area contributed by atoms with Crippen LogP contribution in [0.1, 0.15) is 15.9 Å². The van der Waals surface area contributed by atoms with Crippen molar-refractivity contribution in [3.05, 3.63) is 102 Å². The van der Waals surface area contributed by atoms with Crippen molar-refractivity contribution in [3.8, 4) is 0 Å². The molecule has 0 spiro atoms. The number of halogens is 1. The molecule has 3 aromatic rings. The fourth-order valence-corrected chi connectivity index (χ4v) is 4.55. The van der Waals surface area contributed by atoms with Gasteiger partial charge in [-0.3, -0.25) is 13.9 Å². The lowest BCUT2D eigenvalue weighted by molar-refractivity contribution is -0.114. The van der Waals surface area contributed by atoms with E-state index < -0.39 is 34.2 Å². The molecule has 0 aliphatic rings. The maximum atomic E-state index is 13.5. The van der Waals surface area contributed by atoms with Crippen molar-refractivity contribution in [1.82, 2.24) is 5.32 Å². The zero-order valence-corrected chi connectivity index (χ0v) is 19.3. The van der Waals surface area contributed by atoms with E-state index in [2.05, 4.69) is 17.2 Å². The molecule has 0 fully saturated rings. The first-order valence-corrected chi connectivity index (χ1v) is 11.8. The summed E-state index contributed by atoms with van der Waals surface area (Å²) < 4.78 is 41.2. The largest absolute Gasteiger partial charge is 0.349 e. The Morgan fingerprint density at radius 1 is 1.00 bits per heavy atom. The molecule has 34 heavy (non-hydrogen) atoms. The molecule has 3 rings (SSSR count). The predicted octanol–water partition coefficient (Wildman–Crippen LogP) is 3.88. The van der Waals surface area contributed by atoms with Crippen molar-refractivity contribution in [1.29, 1.82) is 0 Å². The summed E-state index contributed by atoms with van der Waals surface area (Å²) in [6.45, 7) is 5.02. The van der Waals surface area contributed by atoms with Crippen molar-refractivity contribution in [2.24, 2.45) is 0 Å². The average molecular weight is 482 g/mol. The number of carbonyl (C=O) groups is 2. The molecular weight excluding hydrogens is 457 g/mol. The van der Waals surface area contributed by atoms with Crippen molar-refractivity contribution in [2.45, 2.75) is 11.8 Å². The van der Waals surface area contributed by atoms with Gasteiger partial charge in [0.25, 0.3) is 15.9 Å². The van der Waals surface area contributed by atoms with Crippen molar-refractivity contribution >= 4 is 33.2 Å². The van der Waals surface area contributed by atoms with Crippen molar-refractivity contribution in [2.75, 3.05) is 22.7 Å². The van der Waals surface area contributed by atoms with Crippen LogP contribution < -0.4 is 14.9 Å². The summed E-state index contributed by atoms with van der Waals surface area (Å²) in [6.07, 6.45) is 1.52. The van der Waals surface area contributed by atoms with E-state index in [-0.39, 0.29) is 28.4 Å². The van der Waals surface area contributed by atoms with E-state index in [0.29, 0.717) is 0 Å². The second kappa shape index (κ2) is 10.8. The number of anilines is 2. The minimum atomic E-state index is -4.15. The number of nitrogens with zero attached hydrogens (tertiary/aromatic N) is 1. The van der Waals surface area contributed by atoms with E-state index in [9.17, 15) is 22.4 Å². The third kappa shape index (κ3) is 5.87. The summed E-state index contributed by atoms with van der Waals surface area (Å²) in [5.41, 5.74) is 1.43. The van der Waals surface area contributed by atoms with Gasteiger partial charge < -0.3 is 10.6 Å². The molecule has 0 unspecified atom stereocenters. The van der Waals surface area contributed by atoms with Gasteiger partial charge in [0.05, 0.1) is 21.8 Å². The molecule has 3 aromatic carbocycles. The van der Waals surface area contributed by atoms with Crippen LogP contribution in [0.4, 0.5) is 15.8 Å². The Kier molecular flexibility index (Phi) is 7.80. The molecule has 0 heterocycles. The Bertz CT molecular complexity index is 1290. The smallest absolute Gasteiger partial charge is 0.264 e. The van der Waals surface area contributed by atoms with Crippen LogP contribution in [0.2, 0.25) is 0 Å². The molecule has 0 aliphatic carbocycles. The molecule has 9 heteroatoms. The minimum absolute atomic E-state index is 0.0144. The van der Waals surface area contributed by atoms with Crippen LogP contribution in [0.25, 0.3) is 0 Å². The number of hydrogen-bond donors (Lipinski definition) is 2. The molecule has 0 aromatic heterocycles. The van der Waals surface area contributed by atoms with Crippen LogP contribution in [0.3, 0.4) is 0 Å². The lowest BCUT2D eigenvalue weighted by Crippen LogP contribution is -2.38. The standard InChI is InChI=1S/C25H24FN3O4S/c1-3-16-27-25(31)22-6-4-5-7-23(22)28-24(30)17-29(20-12-10-19(26)11-13-20)34(32,33)21-14-8-18(2)9-15-21/h3-15H,1,16-17H2,2H3,(H,27,31)(H,28,30). The molecular formula is C25H24FN3O4S. The summed E-state index contributed by atoms with van der Waals surface area (Å²) in [7, 11) is -4.15. The lowest BCUT2D eigenvalue weighted by atomic mass is 10.1. The second-order valence-electron chi connectivity index (χ2n) is 7.39. The van der Waals surface area contributed by atoms with Gasteiger partial charge in [-0.25, -0.2) is 12.8 Å². The number of benzene rings is 3. The van der Waals surface area contributed by atoms with Gasteiger partial charge in [0, 0.05) is 6.54 Å². The number of nitrogens with one attached hydrogen (secondary N) is 2. The molecule has 2 amide bonds. The highest BCUT2D eigenvalue weighted by Gasteiger charge is 2.27. The van der Waals surface area contributed by atoms with Crippen LogP contribution in [0.15, 0.2) is 90.3 Å². The van der Waals surface area contributed by atoms with Gasteiger partial charge in [0.15, 0.2) is 0 Å². The first-order valence-electron chi connectivity index (χ1n) is 10.4. The van der Waals surface area contributed by atoms with Crippen LogP contribution >= 0.6 is 0 Å². The van der Waals surface area contributed by atoms with E-state index >= 15 is 0 Å². The normalized spacial score (nSPS) is 10.9. The number of sulfonamides is 1. The third-order valence-electron chi connectivity index (χ3n) is 4.86. The van der Waals surface area contributed by atoms with E-state index in [1.165, 1.54) is 42.5 Å². The third-order valence-corrected chi connectivity index (χ3v) is 6.65. The highest BCUT2D eigenvalue weighted by atomic mass is 32.2. The van der Waals surface area contributed by atoms with Crippen LogP contribution in [0.5, 0.6) is 0 Å². The Balaban J connectivity index is 1.91. The number of hydrogen-bond acceptors (Lipinski definition) is 4. The number of carbonyl (C=O) groups excluding carboxylic acids is 2. The number of rotatable bonds is 9. The van der Waals surface area contributed by atoms with E-state index in [1.807, 2.05) is 6.92 Å². The Morgan fingerprint density at radius 2 is 1.65 bits per heavy atom. The first kappa shape index (κ1) is 24.7. The molecule has 0 atom stereocenters. The van der Waals surface area contributed by atoms with Crippen LogP contribution in [-0.2, 0) is 14.8 Å². The quantitative estimate of drug-likeness (QED) is 0.454. The molecule has 176 valence electrons. The Hall–Kier alpha value is -3.98. The summed E-state index contributed by atoms with van der Waals surface area (Å²) in [5.74, 6) is -1.64. The number of para-hydroxylation sites is 1. The maximum absolute atomic E-state index is 13.5. The van der Waals surface area contributed by atoms with Gasteiger partial charge in [-0.15, -0.1) is 6.58 Å². The monoisotopic (exact) mass is 481 g/mol. The SMILES string of the molecule is C=CCNC(=O)c1ccccc1NC(=O)CN(c1ccc(F)cc1)S(=O)(=O)c1ccc(C)cc1. The molecule has 2 N–H and O–H groups in total. The summed E-state index contributed by atoms with van der Waals surface area (Å²) in [6, 6.07) is 17.3. The molecule has 0 aliphatic heterocycles. The molecule has 0 bridgehead atoms. The van der Waals surface area contributed by atoms with Gasteiger partial charge in [-0.2, -0.15) is 0 Å². The van der Waals surface area contributed by atoms with Crippen LogP contribution in [0, 0.1) is 12.7 Å². The van der Waals surface area contributed by atoms with Crippen molar-refractivity contribution in [3.63, 3.8) is 0 Å². The second-order valence-corrected chi connectivity index (χ2v) is 9.26. The Labute approximate surface area is 198 Å². The topological polar surface area (TPSA) is 95.6 Å². The Morgan fingerprint density at radius 3 is 2.29 bits per heavy atom. The van der Waals surface area contributed by atoms with E-state index in [4.69, 9.17) is 0 Å². The molecule has 0 saturated carbocycles. The van der Waals surface area contributed by atoms with Crippen LogP contribution in [-0.4, -0.2) is 33.3 Å². The first-order chi connectivity index (χ1) is 16.2. The zero-order chi connectivity index (χ0) is 24.7. The lowest BCUT2D eigenvalue weighted by Gasteiger charge is -2.24. The summed E-state index contributed by atoms with van der Waals surface area (Å²) in [5, 5.41) is 5.24. The zero-order valence-electron chi connectivity index (χ0n) is 18.5. The van der Waals surface area contributed by atoms with Gasteiger partial charge in [0.1, 0.15) is 12.4 Å². The predicted molar refractivity (Wildman–Crippen MR) is 130 cm³/mol. The van der Waals surface area contributed by atoms with Gasteiger partial charge >= 0.3 is 0 Å². The fourth-order valence-electron chi connectivity index (χ4n) is 3.13. The summed E-state index contributed by atoms with van der Waals surface area (Å²) >= 11 is 0. The fraction of sp³-hybridized carbons (Fsp3) is 0.120. The van der Waals surface area contributed by atoms with E-state index in [1.54, 1.807) is 24.3 Å². The van der Waals surface area contributed by atoms with Crippen molar-refractivity contribution < 1.29 is 22.4 Å². The van der Waals surface area contributed by atoms with Gasteiger partial charge in [0.2, 0.25) is 5.91 Å². The van der Waals surface area contributed by atoms with E-state index in [0.717, 1.165) is 22.0 Å². The van der Waals surface area contributed by atoms with Gasteiger partial charge in [-0.1, -0.05) is 35.9 Å². The number of amides is 2. The maximum Gasteiger partial charge on any atom is 0.264 e. The molecule has 0 radical (unpaired) electrons. The highest BCUT2D eigenvalue weighted by molar-refractivity contribution is 7.92. The molecule has 0 saturated heterocycles. The van der Waals surface area contributed by atoms with Gasteiger partial charge in [-0.05, 0) is 55.5 Å². The highest BCUT2D eigenvalue weighted by Crippen LogP contribution is 2.25. The molecule has 7 nitrogen and oxygen atoms in total.